The number of hydrogen-bond acceptors (Lipinski definition) is 5. The van der Waals surface area contributed by atoms with Gasteiger partial charge in [0.2, 0.25) is 11.5 Å². The number of halogens is 1. The molecule has 18 heavy (non-hydrogen) atoms. The molecule has 0 bridgehead atoms. The zero-order valence-electron chi connectivity index (χ0n) is 9.06. The maximum Gasteiger partial charge on any atom is 0.311 e. The van der Waals surface area contributed by atoms with E-state index >= 15 is 0 Å². The van der Waals surface area contributed by atoms with Crippen LogP contribution in [0.4, 0.5) is 5.69 Å². The van der Waals surface area contributed by atoms with Gasteiger partial charge in [0.15, 0.2) is 5.78 Å². The highest BCUT2D eigenvalue weighted by atomic mass is 79.9. The van der Waals surface area contributed by atoms with Crippen molar-refractivity contribution in [2.24, 2.45) is 0 Å². The van der Waals surface area contributed by atoms with E-state index in [1.54, 1.807) is 0 Å². The lowest BCUT2D eigenvalue weighted by atomic mass is 9.89. The number of Topliss-reactive ketones (excluding diaryl/α,β-unsaturated/α-hetero) is 2. The summed E-state index contributed by atoms with van der Waals surface area (Å²) in [6.07, 6.45) is 0. The highest BCUT2D eigenvalue weighted by Crippen LogP contribution is 2.39. The third kappa shape index (κ3) is 1.55. The molecule has 1 N–H and O–H groups in total. The highest BCUT2D eigenvalue weighted by Gasteiger charge is 2.34. The third-order valence-corrected chi connectivity index (χ3v) is 3.65. The molecule has 0 saturated carbocycles. The molecule has 1 aliphatic rings. The second-order valence-electron chi connectivity index (χ2n) is 3.71. The van der Waals surface area contributed by atoms with Gasteiger partial charge in [0, 0.05) is 17.2 Å². The number of nitrogens with zero attached hydrogens (tertiary/aromatic N) is 1. The normalized spacial score (nSPS) is 14.8. The van der Waals surface area contributed by atoms with E-state index in [-0.39, 0.29) is 21.2 Å². The van der Waals surface area contributed by atoms with Crippen LogP contribution in [0.2, 0.25) is 0 Å². The molecular formula is C11H6BrNO5. The average Bonchev–Trinajstić information content (AvgIpc) is 2.32. The van der Waals surface area contributed by atoms with Crippen molar-refractivity contribution >= 4 is 33.2 Å². The van der Waals surface area contributed by atoms with Crippen LogP contribution in [0.5, 0.6) is 5.75 Å². The summed E-state index contributed by atoms with van der Waals surface area (Å²) in [7, 11) is 0. The van der Waals surface area contributed by atoms with Gasteiger partial charge in [-0.05, 0) is 28.9 Å². The molecule has 0 aromatic heterocycles. The number of phenols is 1. The van der Waals surface area contributed by atoms with Gasteiger partial charge in [0.1, 0.15) is 0 Å². The molecular weight excluding hydrogens is 306 g/mol. The molecule has 0 atom stereocenters. The Balaban J connectivity index is 2.80. The molecule has 6 nitrogen and oxygen atoms in total. The van der Waals surface area contributed by atoms with Crippen LogP contribution in [0.25, 0.3) is 0 Å². The molecule has 2 rings (SSSR count). The van der Waals surface area contributed by atoms with Gasteiger partial charge < -0.3 is 5.11 Å². The summed E-state index contributed by atoms with van der Waals surface area (Å²) in [5.74, 6) is -1.86. The third-order valence-electron chi connectivity index (χ3n) is 2.69. The van der Waals surface area contributed by atoms with Crippen molar-refractivity contribution in [2.75, 3.05) is 0 Å². The smallest absolute Gasteiger partial charge is 0.311 e. The molecule has 0 unspecified atom stereocenters. The van der Waals surface area contributed by atoms with Crippen LogP contribution in [-0.2, 0) is 0 Å². The van der Waals surface area contributed by atoms with Crippen LogP contribution in [0, 0.1) is 10.1 Å². The van der Waals surface area contributed by atoms with Crippen LogP contribution in [0.15, 0.2) is 22.2 Å². The molecule has 0 spiro atoms. The SMILES string of the molecule is CC1=C(Br)C(=O)c2c(ccc([N+](=O)[O-])c2O)C1=O. The van der Waals surface area contributed by atoms with Crippen LogP contribution in [-0.4, -0.2) is 21.6 Å². The summed E-state index contributed by atoms with van der Waals surface area (Å²) in [6, 6.07) is 2.18. The topological polar surface area (TPSA) is 97.5 Å². The molecule has 92 valence electrons. The first-order valence-electron chi connectivity index (χ1n) is 4.82. The fourth-order valence-corrected chi connectivity index (χ4v) is 2.11. The van der Waals surface area contributed by atoms with Crippen molar-refractivity contribution in [3.8, 4) is 5.75 Å². The largest absolute Gasteiger partial charge is 0.502 e. The van der Waals surface area contributed by atoms with Crippen molar-refractivity contribution in [1.29, 1.82) is 0 Å². The molecule has 0 aliphatic heterocycles. The second-order valence-corrected chi connectivity index (χ2v) is 4.50. The van der Waals surface area contributed by atoms with Crippen molar-refractivity contribution in [2.45, 2.75) is 6.92 Å². The van der Waals surface area contributed by atoms with Gasteiger partial charge in [0.05, 0.1) is 15.0 Å². The molecule has 0 heterocycles. The number of nitro groups is 1. The number of nitro benzene ring substituents is 1. The summed E-state index contributed by atoms with van der Waals surface area (Å²) in [4.78, 5) is 33.7. The standard InChI is InChI=1S/C11H6BrNO5/c1-4-8(12)11(16)7-5(9(4)14)2-3-6(10(7)15)13(17)18/h2-3,15H,1H3. The van der Waals surface area contributed by atoms with Crippen molar-refractivity contribution in [1.82, 2.24) is 0 Å². The predicted molar refractivity (Wildman–Crippen MR) is 65.0 cm³/mol. The van der Waals surface area contributed by atoms with E-state index in [0.717, 1.165) is 6.07 Å². The van der Waals surface area contributed by atoms with E-state index < -0.39 is 27.9 Å². The summed E-state index contributed by atoms with van der Waals surface area (Å²) in [5, 5.41) is 20.4. The maximum absolute atomic E-state index is 11.9. The quantitative estimate of drug-likeness (QED) is 0.634. The zero-order chi connectivity index (χ0) is 13.6. The van der Waals surface area contributed by atoms with Gasteiger partial charge in [-0.1, -0.05) is 0 Å². The number of ketones is 2. The number of fused-ring (bicyclic) bond motifs is 1. The van der Waals surface area contributed by atoms with Gasteiger partial charge >= 0.3 is 5.69 Å². The van der Waals surface area contributed by atoms with Crippen LogP contribution >= 0.6 is 15.9 Å². The lowest BCUT2D eigenvalue weighted by Crippen LogP contribution is -2.19. The zero-order valence-corrected chi connectivity index (χ0v) is 10.6. The minimum atomic E-state index is -0.813. The van der Waals surface area contributed by atoms with Gasteiger partial charge in [-0.2, -0.15) is 0 Å². The van der Waals surface area contributed by atoms with Crippen molar-refractivity contribution < 1.29 is 19.6 Å². The molecule has 0 amide bonds. The Morgan fingerprint density at radius 2 is 1.89 bits per heavy atom. The van der Waals surface area contributed by atoms with Crippen LogP contribution < -0.4 is 0 Å². The van der Waals surface area contributed by atoms with Crippen LogP contribution in [0.3, 0.4) is 0 Å². The van der Waals surface area contributed by atoms with Gasteiger partial charge in [-0.25, -0.2) is 0 Å². The molecule has 0 radical (unpaired) electrons. The van der Waals surface area contributed by atoms with Gasteiger partial charge in [-0.15, -0.1) is 0 Å². The summed E-state index contributed by atoms with van der Waals surface area (Å²) in [6.45, 7) is 1.46. The van der Waals surface area contributed by atoms with Gasteiger partial charge in [-0.3, -0.25) is 19.7 Å². The Hall–Kier alpha value is -2.02. The molecule has 1 aromatic carbocycles. The summed E-state index contributed by atoms with van der Waals surface area (Å²) in [5.41, 5.74) is -0.744. The van der Waals surface area contributed by atoms with E-state index in [0.29, 0.717) is 0 Å². The molecule has 1 aliphatic carbocycles. The van der Waals surface area contributed by atoms with E-state index in [1.165, 1.54) is 13.0 Å². The minimum absolute atomic E-state index is 0.01000. The maximum atomic E-state index is 11.9. The Kier molecular flexibility index (Phi) is 2.78. The molecule has 1 aromatic rings. The fraction of sp³-hybridized carbons (Fsp3) is 0.0909. The number of allylic oxidation sites excluding steroid dienone is 2. The van der Waals surface area contributed by atoms with Crippen molar-refractivity contribution in [3.63, 3.8) is 0 Å². The number of carbonyl (C=O) groups excluding carboxylic acids is 2. The molecule has 0 saturated heterocycles. The van der Waals surface area contributed by atoms with E-state index in [1.807, 2.05) is 0 Å². The Labute approximate surface area is 109 Å². The fourth-order valence-electron chi connectivity index (χ4n) is 1.73. The monoisotopic (exact) mass is 311 g/mol. The van der Waals surface area contributed by atoms with Crippen LogP contribution in [0.1, 0.15) is 27.6 Å². The highest BCUT2D eigenvalue weighted by molar-refractivity contribution is 9.12. The van der Waals surface area contributed by atoms with E-state index in [4.69, 9.17) is 0 Å². The second kappa shape index (κ2) is 4.02. The molecule has 7 heteroatoms. The Morgan fingerprint density at radius 3 is 2.44 bits per heavy atom. The Bertz CT molecular complexity index is 647. The van der Waals surface area contributed by atoms with E-state index in [2.05, 4.69) is 15.9 Å². The number of rotatable bonds is 1. The number of phenolic OH excluding ortho intramolecular Hbond substituents is 1. The van der Waals surface area contributed by atoms with Crippen molar-refractivity contribution in [3.05, 3.63) is 43.4 Å². The number of benzene rings is 1. The number of hydrogen-bond donors (Lipinski definition) is 1. The average molecular weight is 312 g/mol. The lowest BCUT2D eigenvalue weighted by molar-refractivity contribution is -0.385. The number of aromatic hydroxyl groups is 1. The lowest BCUT2D eigenvalue weighted by Gasteiger charge is -2.16. The summed E-state index contributed by atoms with van der Waals surface area (Å²) < 4.78 is 0.01000. The first-order valence-corrected chi connectivity index (χ1v) is 5.61. The van der Waals surface area contributed by atoms with Gasteiger partial charge in [0.25, 0.3) is 0 Å². The first-order chi connectivity index (χ1) is 8.36. The van der Waals surface area contributed by atoms with E-state index in [9.17, 15) is 24.8 Å². The first kappa shape index (κ1) is 12.4. The predicted octanol–water partition coefficient (Wildman–Crippen LogP) is 2.35. The summed E-state index contributed by atoms with van der Waals surface area (Å²) >= 11 is 2.95. The Morgan fingerprint density at radius 1 is 1.28 bits per heavy atom. The minimum Gasteiger partial charge on any atom is -0.502 e. The number of carbonyl (C=O) groups is 2. The molecule has 0 fully saturated rings.